The van der Waals surface area contributed by atoms with E-state index in [-0.39, 0.29) is 18.4 Å². The van der Waals surface area contributed by atoms with E-state index in [4.69, 9.17) is 9.84 Å². The quantitative estimate of drug-likeness (QED) is 0.772. The maximum Gasteiger partial charge on any atom is 0.307 e. The number of anilines is 2. The largest absolute Gasteiger partial charge is 0.482 e. The zero-order chi connectivity index (χ0) is 15.0. The van der Waals surface area contributed by atoms with Crippen molar-refractivity contribution >= 4 is 29.2 Å². The molecule has 0 aromatic heterocycles. The molecule has 0 saturated heterocycles. The Balaban J connectivity index is 1.69. The molecular formula is C14H14N2O5. The number of carboxylic acids is 1. The molecule has 1 aromatic rings. The van der Waals surface area contributed by atoms with Crippen molar-refractivity contribution in [2.45, 2.75) is 12.8 Å². The number of carbonyl (C=O) groups is 3. The van der Waals surface area contributed by atoms with Gasteiger partial charge in [0.25, 0.3) is 5.91 Å². The minimum absolute atomic E-state index is 0.0614. The van der Waals surface area contributed by atoms with Gasteiger partial charge in [0.2, 0.25) is 5.91 Å². The Bertz CT molecular complexity index is 628. The van der Waals surface area contributed by atoms with Gasteiger partial charge < -0.3 is 20.5 Å². The Morgan fingerprint density at radius 2 is 2.05 bits per heavy atom. The van der Waals surface area contributed by atoms with Crippen LogP contribution in [-0.4, -0.2) is 29.5 Å². The van der Waals surface area contributed by atoms with Crippen molar-refractivity contribution in [2.24, 2.45) is 11.8 Å². The summed E-state index contributed by atoms with van der Waals surface area (Å²) in [7, 11) is 0. The maximum atomic E-state index is 12.0. The van der Waals surface area contributed by atoms with E-state index in [9.17, 15) is 14.4 Å². The van der Waals surface area contributed by atoms with Crippen molar-refractivity contribution in [3.63, 3.8) is 0 Å². The van der Waals surface area contributed by atoms with Gasteiger partial charge in [0.15, 0.2) is 6.61 Å². The monoisotopic (exact) mass is 290 g/mol. The minimum atomic E-state index is -0.933. The predicted octanol–water partition coefficient (Wildman–Crippen LogP) is 1.07. The van der Waals surface area contributed by atoms with Crippen LogP contribution in [0.4, 0.5) is 11.4 Å². The molecule has 0 spiro atoms. The molecule has 110 valence electrons. The molecule has 2 unspecified atom stereocenters. The number of ether oxygens (including phenoxy) is 1. The molecule has 3 N–H and O–H groups in total. The zero-order valence-corrected chi connectivity index (χ0v) is 11.1. The van der Waals surface area contributed by atoms with E-state index in [1.165, 1.54) is 0 Å². The Morgan fingerprint density at radius 3 is 2.71 bits per heavy atom. The van der Waals surface area contributed by atoms with Crippen LogP contribution in [-0.2, 0) is 14.4 Å². The molecule has 7 heteroatoms. The van der Waals surface area contributed by atoms with Gasteiger partial charge in [-0.2, -0.15) is 0 Å². The summed E-state index contributed by atoms with van der Waals surface area (Å²) in [6.45, 7) is -0.0614. The first kappa shape index (κ1) is 13.4. The zero-order valence-electron chi connectivity index (χ0n) is 11.1. The summed E-state index contributed by atoms with van der Waals surface area (Å²) in [6, 6.07) is 4.89. The fourth-order valence-corrected chi connectivity index (χ4v) is 2.50. The molecule has 0 radical (unpaired) electrons. The first-order valence-corrected chi connectivity index (χ1v) is 6.65. The highest BCUT2D eigenvalue weighted by Crippen LogP contribution is 2.36. The van der Waals surface area contributed by atoms with Gasteiger partial charge in [-0.3, -0.25) is 14.4 Å². The third-order valence-corrected chi connectivity index (χ3v) is 3.81. The van der Waals surface area contributed by atoms with Gasteiger partial charge in [0.05, 0.1) is 17.5 Å². The Hall–Kier alpha value is -2.57. The summed E-state index contributed by atoms with van der Waals surface area (Å²) < 4.78 is 5.26. The number of hydrogen-bond acceptors (Lipinski definition) is 4. The number of amides is 2. The van der Waals surface area contributed by atoms with Crippen molar-refractivity contribution < 1.29 is 24.2 Å². The molecule has 2 aliphatic rings. The Kier molecular flexibility index (Phi) is 3.25. The van der Waals surface area contributed by atoms with Crippen LogP contribution in [0.15, 0.2) is 18.2 Å². The van der Waals surface area contributed by atoms with Crippen LogP contribution in [0, 0.1) is 11.8 Å². The summed E-state index contributed by atoms with van der Waals surface area (Å²) in [5.74, 6) is -2.06. The van der Waals surface area contributed by atoms with Gasteiger partial charge in [0, 0.05) is 11.8 Å². The number of carboxylic acid groups (broad SMARTS) is 1. The molecule has 0 bridgehead atoms. The van der Waals surface area contributed by atoms with Gasteiger partial charge >= 0.3 is 5.97 Å². The van der Waals surface area contributed by atoms with E-state index in [1.54, 1.807) is 18.2 Å². The molecule has 7 nitrogen and oxygen atoms in total. The fourth-order valence-electron chi connectivity index (χ4n) is 2.50. The average Bonchev–Trinajstić information content (AvgIpc) is 2.36. The minimum Gasteiger partial charge on any atom is -0.482 e. The SMILES string of the molecule is O=C1COc2cc(NC(=O)C3CCC3C(=O)O)ccc2N1. The fraction of sp³-hybridized carbons (Fsp3) is 0.357. The van der Waals surface area contributed by atoms with Crippen LogP contribution in [0.2, 0.25) is 0 Å². The van der Waals surface area contributed by atoms with Crippen LogP contribution in [0.1, 0.15) is 12.8 Å². The number of nitrogens with one attached hydrogen (secondary N) is 2. The highest BCUT2D eigenvalue weighted by Gasteiger charge is 2.41. The van der Waals surface area contributed by atoms with E-state index >= 15 is 0 Å². The molecule has 1 saturated carbocycles. The van der Waals surface area contributed by atoms with Crippen molar-refractivity contribution in [2.75, 3.05) is 17.2 Å². The lowest BCUT2D eigenvalue weighted by Gasteiger charge is -2.32. The molecule has 1 aliphatic carbocycles. The van der Waals surface area contributed by atoms with Gasteiger partial charge in [-0.15, -0.1) is 0 Å². The number of carbonyl (C=O) groups excluding carboxylic acids is 2. The van der Waals surface area contributed by atoms with Crippen molar-refractivity contribution in [1.29, 1.82) is 0 Å². The van der Waals surface area contributed by atoms with Crippen LogP contribution in [0.25, 0.3) is 0 Å². The first-order valence-electron chi connectivity index (χ1n) is 6.65. The summed E-state index contributed by atoms with van der Waals surface area (Å²) in [6.07, 6.45) is 1.12. The van der Waals surface area contributed by atoms with Gasteiger partial charge in [-0.1, -0.05) is 0 Å². The highest BCUT2D eigenvalue weighted by molar-refractivity contribution is 5.98. The predicted molar refractivity (Wildman–Crippen MR) is 73.0 cm³/mol. The number of benzene rings is 1. The number of hydrogen-bond donors (Lipinski definition) is 3. The summed E-state index contributed by atoms with van der Waals surface area (Å²) >= 11 is 0. The van der Waals surface area contributed by atoms with Gasteiger partial charge in [-0.25, -0.2) is 0 Å². The molecule has 2 amide bonds. The van der Waals surface area contributed by atoms with E-state index in [0.717, 1.165) is 0 Å². The summed E-state index contributed by atoms with van der Waals surface area (Å²) in [4.78, 5) is 34.1. The molecule has 1 heterocycles. The second-order valence-electron chi connectivity index (χ2n) is 5.17. The molecule has 1 aliphatic heterocycles. The van der Waals surface area contributed by atoms with E-state index in [0.29, 0.717) is 30.0 Å². The summed E-state index contributed by atoms with van der Waals surface area (Å²) in [5.41, 5.74) is 1.07. The van der Waals surface area contributed by atoms with Gasteiger partial charge in [0.1, 0.15) is 5.75 Å². The Morgan fingerprint density at radius 1 is 1.29 bits per heavy atom. The van der Waals surface area contributed by atoms with Crippen LogP contribution in [0.3, 0.4) is 0 Å². The van der Waals surface area contributed by atoms with Crippen molar-refractivity contribution in [3.05, 3.63) is 18.2 Å². The standard InChI is InChI=1S/C14H14N2O5/c17-12-6-21-11-5-7(1-4-10(11)16-12)15-13(18)8-2-3-9(8)14(19)20/h1,4-5,8-9H,2-3,6H2,(H,15,18)(H,16,17)(H,19,20). The average molecular weight is 290 g/mol. The van der Waals surface area contributed by atoms with E-state index in [1.807, 2.05) is 0 Å². The van der Waals surface area contributed by atoms with Crippen molar-refractivity contribution in [1.82, 2.24) is 0 Å². The first-order chi connectivity index (χ1) is 10.0. The molecule has 2 atom stereocenters. The van der Waals surface area contributed by atoms with Crippen LogP contribution in [0.5, 0.6) is 5.75 Å². The van der Waals surface area contributed by atoms with Crippen LogP contribution >= 0.6 is 0 Å². The molecule has 1 fully saturated rings. The topological polar surface area (TPSA) is 105 Å². The second-order valence-corrected chi connectivity index (χ2v) is 5.17. The molecule has 1 aromatic carbocycles. The smallest absolute Gasteiger partial charge is 0.307 e. The number of rotatable bonds is 3. The third kappa shape index (κ3) is 2.54. The highest BCUT2D eigenvalue weighted by atomic mass is 16.5. The maximum absolute atomic E-state index is 12.0. The Labute approximate surface area is 120 Å². The van der Waals surface area contributed by atoms with E-state index in [2.05, 4.69) is 10.6 Å². The molecular weight excluding hydrogens is 276 g/mol. The lowest BCUT2D eigenvalue weighted by Crippen LogP contribution is -2.41. The van der Waals surface area contributed by atoms with Crippen molar-refractivity contribution in [3.8, 4) is 5.75 Å². The number of fused-ring (bicyclic) bond motifs is 1. The van der Waals surface area contributed by atoms with Gasteiger partial charge in [-0.05, 0) is 25.0 Å². The third-order valence-electron chi connectivity index (χ3n) is 3.81. The van der Waals surface area contributed by atoms with Crippen LogP contribution < -0.4 is 15.4 Å². The lowest BCUT2D eigenvalue weighted by molar-refractivity contribution is -0.151. The normalized spacial score (nSPS) is 23.1. The second kappa shape index (κ2) is 5.08. The lowest BCUT2D eigenvalue weighted by atomic mass is 9.73. The molecule has 21 heavy (non-hydrogen) atoms. The summed E-state index contributed by atoms with van der Waals surface area (Å²) in [5, 5.41) is 14.3. The number of aliphatic carboxylic acids is 1. The molecule has 3 rings (SSSR count). The van der Waals surface area contributed by atoms with E-state index < -0.39 is 17.8 Å².